The monoisotopic (exact) mass is 479 g/mol. The number of fused-ring (bicyclic) bond motifs is 3. The molecule has 174 valence electrons. The zero-order valence-electron chi connectivity index (χ0n) is 19.7. The molecule has 4 aromatic rings. The molecule has 0 spiro atoms. The van der Waals surface area contributed by atoms with Crippen LogP contribution in [0.2, 0.25) is 0 Å². The van der Waals surface area contributed by atoms with Crippen molar-refractivity contribution in [2.75, 3.05) is 7.05 Å². The summed E-state index contributed by atoms with van der Waals surface area (Å²) < 4.78 is 4.00. The molecule has 2 saturated heterocycles. The highest BCUT2D eigenvalue weighted by atomic mass is 32.2. The Balaban J connectivity index is 1.42. The molecule has 2 fully saturated rings. The average Bonchev–Trinajstić information content (AvgIpc) is 3.51. The second-order valence-corrected chi connectivity index (χ2v) is 10.6. The zero-order valence-corrected chi connectivity index (χ0v) is 20.5. The lowest BCUT2D eigenvalue weighted by Gasteiger charge is -2.36. The third-order valence-corrected chi connectivity index (χ3v) is 8.81. The second kappa shape index (κ2) is 8.57. The largest absolute Gasteiger partial charge is 0.300 e. The lowest BCUT2D eigenvalue weighted by Crippen LogP contribution is -2.40. The molecular formula is C27H25N7S. The normalized spacial score (nSPS) is 21.8. The highest BCUT2D eigenvalue weighted by Gasteiger charge is 2.39. The van der Waals surface area contributed by atoms with E-state index in [2.05, 4.69) is 46.9 Å². The standard InChI is InChI=1S/C27H25N7S/c1-17-24(15-31-34(17)23-10-21-7-8-22(11-23)32(21)2)19-9-26(27-20(13-29)14-30-33(27)16-19)35-25-6-4-3-5-18(25)12-28/h3-6,9,14-16,21-23H,7-8,10-11H2,1-2H3/t21-,22?,23?/m1/s1. The number of pyridine rings is 1. The van der Waals surface area contributed by atoms with Crippen molar-refractivity contribution in [3.05, 3.63) is 65.7 Å². The Kier molecular flexibility index (Phi) is 5.36. The quantitative estimate of drug-likeness (QED) is 0.400. The molecule has 7 nitrogen and oxygen atoms in total. The van der Waals surface area contributed by atoms with Crippen LogP contribution in [0.15, 0.2) is 58.7 Å². The Hall–Kier alpha value is -3.59. The van der Waals surface area contributed by atoms with Gasteiger partial charge in [0, 0.05) is 44.9 Å². The van der Waals surface area contributed by atoms with Gasteiger partial charge in [-0.05, 0) is 57.9 Å². The maximum absolute atomic E-state index is 9.68. The van der Waals surface area contributed by atoms with E-state index in [0.717, 1.165) is 45.0 Å². The summed E-state index contributed by atoms with van der Waals surface area (Å²) in [6.45, 7) is 2.15. The Morgan fingerprint density at radius 3 is 2.43 bits per heavy atom. The van der Waals surface area contributed by atoms with E-state index in [1.54, 1.807) is 10.7 Å². The molecule has 2 aliphatic rings. The van der Waals surface area contributed by atoms with E-state index in [-0.39, 0.29) is 0 Å². The van der Waals surface area contributed by atoms with Gasteiger partial charge in [0.2, 0.25) is 0 Å². The van der Waals surface area contributed by atoms with Crippen LogP contribution in [0.5, 0.6) is 0 Å². The van der Waals surface area contributed by atoms with E-state index in [4.69, 9.17) is 5.10 Å². The van der Waals surface area contributed by atoms with Gasteiger partial charge < -0.3 is 4.90 Å². The van der Waals surface area contributed by atoms with Crippen LogP contribution in [0.25, 0.3) is 16.6 Å². The van der Waals surface area contributed by atoms with E-state index in [1.807, 2.05) is 36.7 Å². The molecule has 0 radical (unpaired) electrons. The number of rotatable bonds is 4. The van der Waals surface area contributed by atoms with Crippen molar-refractivity contribution in [2.24, 2.45) is 0 Å². The lowest BCUT2D eigenvalue weighted by molar-refractivity contribution is 0.130. The average molecular weight is 480 g/mol. The summed E-state index contributed by atoms with van der Waals surface area (Å²) in [4.78, 5) is 4.30. The van der Waals surface area contributed by atoms with Crippen molar-refractivity contribution in [3.63, 3.8) is 0 Å². The number of nitrogens with zero attached hydrogens (tertiary/aromatic N) is 7. The van der Waals surface area contributed by atoms with Crippen LogP contribution >= 0.6 is 11.8 Å². The first-order valence-electron chi connectivity index (χ1n) is 11.9. The summed E-state index contributed by atoms with van der Waals surface area (Å²) in [5.74, 6) is 0. The van der Waals surface area contributed by atoms with Crippen molar-refractivity contribution < 1.29 is 0 Å². The van der Waals surface area contributed by atoms with E-state index >= 15 is 0 Å². The molecule has 8 heteroatoms. The molecule has 2 aliphatic heterocycles. The SMILES string of the molecule is Cc1c(-c2cc(Sc3ccccc3C#N)c3c(C#N)cnn3c2)cnn1C1CC2CC[C@H](C1)N2C. The summed E-state index contributed by atoms with van der Waals surface area (Å²) in [6, 6.07) is 15.9. The molecule has 2 bridgehead atoms. The number of hydrogen-bond donors (Lipinski definition) is 0. The molecule has 0 amide bonds. The van der Waals surface area contributed by atoms with Gasteiger partial charge in [-0.25, -0.2) is 4.52 Å². The van der Waals surface area contributed by atoms with Crippen molar-refractivity contribution >= 4 is 17.3 Å². The van der Waals surface area contributed by atoms with Gasteiger partial charge in [-0.1, -0.05) is 23.9 Å². The summed E-state index contributed by atoms with van der Waals surface area (Å²) >= 11 is 1.49. The topological polar surface area (TPSA) is 85.9 Å². The van der Waals surface area contributed by atoms with Gasteiger partial charge in [0.1, 0.15) is 12.1 Å². The Morgan fingerprint density at radius 1 is 0.943 bits per heavy atom. The molecule has 3 aromatic heterocycles. The molecule has 0 N–H and O–H groups in total. The minimum Gasteiger partial charge on any atom is -0.300 e. The lowest BCUT2D eigenvalue weighted by atomic mass is 9.97. The summed E-state index contributed by atoms with van der Waals surface area (Å²) in [5.41, 5.74) is 5.11. The van der Waals surface area contributed by atoms with Gasteiger partial charge in [-0.3, -0.25) is 4.68 Å². The number of hydrogen-bond acceptors (Lipinski definition) is 6. The third kappa shape index (κ3) is 3.61. The predicted octanol–water partition coefficient (Wildman–Crippen LogP) is 5.20. The summed E-state index contributed by atoms with van der Waals surface area (Å²) in [7, 11) is 2.26. The Morgan fingerprint density at radius 2 is 1.69 bits per heavy atom. The molecule has 0 saturated carbocycles. The number of aromatic nitrogens is 4. The first-order valence-corrected chi connectivity index (χ1v) is 12.7. The summed E-state index contributed by atoms with van der Waals surface area (Å²) in [5, 5.41) is 28.6. The fourth-order valence-electron chi connectivity index (χ4n) is 5.82. The van der Waals surface area contributed by atoms with E-state index in [1.165, 1.54) is 24.6 Å². The maximum atomic E-state index is 9.68. The number of benzene rings is 1. The maximum Gasteiger partial charge on any atom is 0.103 e. The van der Waals surface area contributed by atoms with Crippen molar-refractivity contribution in [2.45, 2.75) is 60.5 Å². The van der Waals surface area contributed by atoms with Crippen LogP contribution in [-0.2, 0) is 0 Å². The second-order valence-electron chi connectivity index (χ2n) is 9.53. The Bertz CT molecular complexity index is 1500. The van der Waals surface area contributed by atoms with Gasteiger partial charge in [0.05, 0.1) is 35.1 Å². The van der Waals surface area contributed by atoms with Crippen LogP contribution in [-0.4, -0.2) is 43.4 Å². The number of piperidine rings is 1. The van der Waals surface area contributed by atoms with Gasteiger partial charge in [0.25, 0.3) is 0 Å². The molecule has 35 heavy (non-hydrogen) atoms. The smallest absolute Gasteiger partial charge is 0.103 e. The number of nitriles is 2. The molecular weight excluding hydrogens is 454 g/mol. The van der Waals surface area contributed by atoms with E-state index in [0.29, 0.717) is 29.3 Å². The first-order chi connectivity index (χ1) is 17.1. The van der Waals surface area contributed by atoms with E-state index in [9.17, 15) is 10.5 Å². The van der Waals surface area contributed by atoms with Crippen molar-refractivity contribution in [1.82, 2.24) is 24.3 Å². The van der Waals surface area contributed by atoms with Crippen LogP contribution in [0, 0.1) is 29.6 Å². The Labute approximate surface area is 208 Å². The van der Waals surface area contributed by atoms with Crippen LogP contribution < -0.4 is 0 Å². The third-order valence-electron chi connectivity index (χ3n) is 7.70. The summed E-state index contributed by atoms with van der Waals surface area (Å²) in [6.07, 6.45) is 10.4. The molecule has 6 rings (SSSR count). The minimum absolute atomic E-state index is 0.424. The molecule has 5 heterocycles. The van der Waals surface area contributed by atoms with Gasteiger partial charge in [0.15, 0.2) is 0 Å². The van der Waals surface area contributed by atoms with Crippen LogP contribution in [0.1, 0.15) is 48.5 Å². The molecule has 3 atom stereocenters. The fourth-order valence-corrected chi connectivity index (χ4v) is 6.91. The fraction of sp³-hybridized carbons (Fsp3) is 0.333. The molecule has 1 aromatic carbocycles. The highest BCUT2D eigenvalue weighted by molar-refractivity contribution is 7.99. The van der Waals surface area contributed by atoms with Gasteiger partial charge >= 0.3 is 0 Å². The predicted molar refractivity (Wildman–Crippen MR) is 134 cm³/mol. The van der Waals surface area contributed by atoms with E-state index < -0.39 is 0 Å². The highest BCUT2D eigenvalue weighted by Crippen LogP contribution is 2.42. The molecule has 0 aliphatic carbocycles. The van der Waals surface area contributed by atoms with Crippen molar-refractivity contribution in [1.29, 1.82) is 10.5 Å². The first kappa shape index (κ1) is 21.9. The van der Waals surface area contributed by atoms with Gasteiger partial charge in [-0.2, -0.15) is 20.7 Å². The van der Waals surface area contributed by atoms with Crippen LogP contribution in [0.3, 0.4) is 0 Å². The minimum atomic E-state index is 0.424. The zero-order chi connectivity index (χ0) is 24.1. The van der Waals surface area contributed by atoms with Gasteiger partial charge in [-0.15, -0.1) is 0 Å². The van der Waals surface area contributed by atoms with Crippen LogP contribution in [0.4, 0.5) is 0 Å². The van der Waals surface area contributed by atoms with Crippen molar-refractivity contribution in [3.8, 4) is 23.3 Å². The molecule has 2 unspecified atom stereocenters.